The minimum atomic E-state index is 0.635. The first-order chi connectivity index (χ1) is 7.22. The largest absolute Gasteiger partial charge is 0.384 e. The molecule has 0 saturated carbocycles. The minimum absolute atomic E-state index is 0.635. The number of anilines is 1. The van der Waals surface area contributed by atoms with Crippen molar-refractivity contribution >= 4 is 5.82 Å². The maximum atomic E-state index is 5.83. The summed E-state index contributed by atoms with van der Waals surface area (Å²) in [4.78, 5) is 0. The molecule has 0 atom stereocenters. The Bertz CT molecular complexity index is 471. The fourth-order valence-corrected chi connectivity index (χ4v) is 1.76. The predicted octanol–water partition coefficient (Wildman–Crippen LogP) is 2.53. The van der Waals surface area contributed by atoms with Crippen molar-refractivity contribution in [2.45, 2.75) is 20.3 Å². The molecule has 78 valence electrons. The molecule has 3 N–H and O–H groups in total. The van der Waals surface area contributed by atoms with Crippen LogP contribution in [0.15, 0.2) is 24.4 Å². The maximum absolute atomic E-state index is 5.83. The van der Waals surface area contributed by atoms with Crippen LogP contribution in [-0.4, -0.2) is 10.2 Å². The van der Waals surface area contributed by atoms with E-state index in [0.717, 1.165) is 12.0 Å². The fourth-order valence-electron chi connectivity index (χ4n) is 1.76. The summed E-state index contributed by atoms with van der Waals surface area (Å²) in [6.45, 7) is 4.23. The van der Waals surface area contributed by atoms with Crippen molar-refractivity contribution in [2.75, 3.05) is 5.73 Å². The van der Waals surface area contributed by atoms with E-state index in [1.165, 1.54) is 16.7 Å². The number of nitrogens with zero attached hydrogens (tertiary/aromatic N) is 1. The van der Waals surface area contributed by atoms with Crippen LogP contribution >= 0.6 is 0 Å². The molecule has 1 heterocycles. The lowest BCUT2D eigenvalue weighted by molar-refractivity contribution is 1.10. The van der Waals surface area contributed by atoms with Gasteiger partial charge in [0.1, 0.15) is 5.82 Å². The van der Waals surface area contributed by atoms with Crippen LogP contribution in [0.1, 0.15) is 18.1 Å². The number of nitrogen functional groups attached to an aromatic ring is 1. The molecule has 0 saturated heterocycles. The standard InChI is InChI=1S/C12H15N3/c1-3-9-5-4-8(2)6-10(9)11-7-14-15-12(11)13/h4-7H,3H2,1-2H3,(H3,13,14,15). The zero-order chi connectivity index (χ0) is 10.8. The van der Waals surface area contributed by atoms with Crippen molar-refractivity contribution in [1.82, 2.24) is 10.2 Å². The number of nitrogens with two attached hydrogens (primary N) is 1. The van der Waals surface area contributed by atoms with Crippen LogP contribution in [0.25, 0.3) is 11.1 Å². The average Bonchev–Trinajstić information content (AvgIpc) is 2.64. The highest BCUT2D eigenvalue weighted by molar-refractivity contribution is 5.76. The number of hydrogen-bond acceptors (Lipinski definition) is 2. The summed E-state index contributed by atoms with van der Waals surface area (Å²) in [5.41, 5.74) is 10.5. The summed E-state index contributed by atoms with van der Waals surface area (Å²) in [5.74, 6) is 0.635. The van der Waals surface area contributed by atoms with E-state index in [-0.39, 0.29) is 0 Å². The van der Waals surface area contributed by atoms with E-state index in [0.29, 0.717) is 5.82 Å². The number of nitrogens with one attached hydrogen (secondary N) is 1. The molecule has 2 rings (SSSR count). The Morgan fingerprint density at radius 2 is 2.13 bits per heavy atom. The van der Waals surface area contributed by atoms with E-state index in [1.807, 2.05) is 0 Å². The molecule has 0 radical (unpaired) electrons. The van der Waals surface area contributed by atoms with Gasteiger partial charge in [-0.1, -0.05) is 30.7 Å². The van der Waals surface area contributed by atoms with Gasteiger partial charge in [0.25, 0.3) is 0 Å². The van der Waals surface area contributed by atoms with Gasteiger partial charge in [0, 0.05) is 5.56 Å². The molecule has 2 aromatic rings. The summed E-state index contributed by atoms with van der Waals surface area (Å²) in [6.07, 6.45) is 2.78. The van der Waals surface area contributed by atoms with Crippen molar-refractivity contribution in [3.63, 3.8) is 0 Å². The topological polar surface area (TPSA) is 54.7 Å². The van der Waals surface area contributed by atoms with Gasteiger partial charge in [-0.2, -0.15) is 5.10 Å². The Labute approximate surface area is 89.3 Å². The van der Waals surface area contributed by atoms with Gasteiger partial charge in [-0.05, 0) is 24.5 Å². The van der Waals surface area contributed by atoms with Crippen molar-refractivity contribution in [3.8, 4) is 11.1 Å². The Hall–Kier alpha value is -1.77. The molecule has 0 spiro atoms. The molecule has 15 heavy (non-hydrogen) atoms. The van der Waals surface area contributed by atoms with Crippen LogP contribution in [0.3, 0.4) is 0 Å². The van der Waals surface area contributed by atoms with E-state index in [2.05, 4.69) is 42.2 Å². The number of aromatic amines is 1. The molecule has 0 aliphatic heterocycles. The van der Waals surface area contributed by atoms with Gasteiger partial charge in [0.2, 0.25) is 0 Å². The van der Waals surface area contributed by atoms with Crippen LogP contribution < -0.4 is 5.73 Å². The molecule has 1 aromatic carbocycles. The third kappa shape index (κ3) is 1.73. The third-order valence-corrected chi connectivity index (χ3v) is 2.61. The fraction of sp³-hybridized carbons (Fsp3) is 0.250. The van der Waals surface area contributed by atoms with Crippen LogP contribution in [-0.2, 0) is 6.42 Å². The molecular formula is C12H15N3. The molecule has 0 amide bonds. The van der Waals surface area contributed by atoms with Gasteiger partial charge in [-0.3, -0.25) is 5.10 Å². The van der Waals surface area contributed by atoms with Gasteiger partial charge in [0.05, 0.1) is 6.20 Å². The van der Waals surface area contributed by atoms with Crippen LogP contribution in [0.2, 0.25) is 0 Å². The lowest BCUT2D eigenvalue weighted by Gasteiger charge is -2.07. The summed E-state index contributed by atoms with van der Waals surface area (Å²) < 4.78 is 0. The van der Waals surface area contributed by atoms with Crippen molar-refractivity contribution in [3.05, 3.63) is 35.5 Å². The highest BCUT2D eigenvalue weighted by Crippen LogP contribution is 2.28. The first-order valence-corrected chi connectivity index (χ1v) is 5.11. The zero-order valence-electron chi connectivity index (χ0n) is 9.04. The highest BCUT2D eigenvalue weighted by Gasteiger charge is 2.08. The van der Waals surface area contributed by atoms with Crippen molar-refractivity contribution < 1.29 is 0 Å². The molecular weight excluding hydrogens is 186 g/mol. The maximum Gasteiger partial charge on any atom is 0.126 e. The van der Waals surface area contributed by atoms with E-state index < -0.39 is 0 Å². The average molecular weight is 201 g/mol. The molecule has 0 bridgehead atoms. The normalized spacial score (nSPS) is 10.5. The number of aryl methyl sites for hydroxylation is 2. The zero-order valence-corrected chi connectivity index (χ0v) is 9.04. The van der Waals surface area contributed by atoms with E-state index in [1.54, 1.807) is 6.20 Å². The predicted molar refractivity (Wildman–Crippen MR) is 62.6 cm³/mol. The molecule has 1 aromatic heterocycles. The SMILES string of the molecule is CCc1ccc(C)cc1-c1cn[nH]c1N. The molecule has 3 heteroatoms. The van der Waals surface area contributed by atoms with E-state index in [9.17, 15) is 0 Å². The van der Waals surface area contributed by atoms with Gasteiger partial charge in [0.15, 0.2) is 0 Å². The Morgan fingerprint density at radius 3 is 2.73 bits per heavy atom. The lowest BCUT2D eigenvalue weighted by atomic mass is 9.98. The number of rotatable bonds is 2. The molecule has 3 nitrogen and oxygen atoms in total. The highest BCUT2D eigenvalue weighted by atomic mass is 15.1. The summed E-state index contributed by atoms with van der Waals surface area (Å²) in [5, 5.41) is 6.72. The van der Waals surface area contributed by atoms with Gasteiger partial charge in [-0.15, -0.1) is 0 Å². The van der Waals surface area contributed by atoms with Crippen LogP contribution in [0.5, 0.6) is 0 Å². The molecule has 0 fully saturated rings. The minimum Gasteiger partial charge on any atom is -0.384 e. The second kappa shape index (κ2) is 3.77. The number of benzene rings is 1. The number of aromatic nitrogens is 2. The van der Waals surface area contributed by atoms with E-state index >= 15 is 0 Å². The van der Waals surface area contributed by atoms with Gasteiger partial charge in [-0.25, -0.2) is 0 Å². The van der Waals surface area contributed by atoms with Crippen molar-refractivity contribution in [1.29, 1.82) is 0 Å². The van der Waals surface area contributed by atoms with Gasteiger partial charge >= 0.3 is 0 Å². The Balaban J connectivity index is 2.60. The van der Waals surface area contributed by atoms with Crippen LogP contribution in [0.4, 0.5) is 5.82 Å². The van der Waals surface area contributed by atoms with Crippen LogP contribution in [0, 0.1) is 6.92 Å². The Morgan fingerprint density at radius 1 is 1.33 bits per heavy atom. The summed E-state index contributed by atoms with van der Waals surface area (Å²) >= 11 is 0. The first kappa shape index (κ1) is 9.77. The number of hydrogen-bond donors (Lipinski definition) is 2. The monoisotopic (exact) mass is 201 g/mol. The molecule has 0 aliphatic rings. The smallest absolute Gasteiger partial charge is 0.126 e. The first-order valence-electron chi connectivity index (χ1n) is 5.11. The summed E-state index contributed by atoms with van der Waals surface area (Å²) in [6, 6.07) is 6.43. The Kier molecular flexibility index (Phi) is 2.46. The lowest BCUT2D eigenvalue weighted by Crippen LogP contribution is -1.92. The second-order valence-electron chi connectivity index (χ2n) is 3.71. The third-order valence-electron chi connectivity index (χ3n) is 2.61. The second-order valence-corrected chi connectivity index (χ2v) is 3.71. The van der Waals surface area contributed by atoms with E-state index in [4.69, 9.17) is 5.73 Å². The number of H-pyrrole nitrogens is 1. The van der Waals surface area contributed by atoms with Crippen molar-refractivity contribution in [2.24, 2.45) is 0 Å². The van der Waals surface area contributed by atoms with Gasteiger partial charge < -0.3 is 5.73 Å². The summed E-state index contributed by atoms with van der Waals surface area (Å²) in [7, 11) is 0. The molecule has 0 aliphatic carbocycles. The quantitative estimate of drug-likeness (QED) is 0.784. The molecule has 0 unspecified atom stereocenters.